The van der Waals surface area contributed by atoms with E-state index in [2.05, 4.69) is 15.3 Å². The molecule has 0 bridgehead atoms. The van der Waals surface area contributed by atoms with Crippen molar-refractivity contribution in [2.45, 2.75) is 18.9 Å². The predicted molar refractivity (Wildman–Crippen MR) is 132 cm³/mol. The van der Waals surface area contributed by atoms with Gasteiger partial charge in [-0.25, -0.2) is 18.9 Å². The molecule has 2 aliphatic rings. The topological polar surface area (TPSA) is 126 Å². The van der Waals surface area contributed by atoms with Crippen molar-refractivity contribution in [3.8, 4) is 16.9 Å². The molecule has 1 aromatic carbocycles. The Labute approximate surface area is 207 Å². The molecular formula is C24H26FN5O5S. The van der Waals surface area contributed by atoms with Crippen molar-refractivity contribution in [1.29, 1.82) is 0 Å². The summed E-state index contributed by atoms with van der Waals surface area (Å²) >= 11 is 0. The standard InChI is InChI=1S/C24H26FN5O5S/c1-34-22-3-2-16(25)12-19(22)18-5-9-27-23-20(18)13-21(28-23)15-6-10-30(11-7-15)36(32,33)29-24(31)35-17-4-8-26-14-17/h2-3,5-6,9,12-13,17,26H,4,7-8,10-11,14H2,1H3,(H,27,28)(H,29,31). The molecule has 1 amide bonds. The Hall–Kier alpha value is -3.48. The maximum Gasteiger partial charge on any atom is 0.422 e. The maximum absolute atomic E-state index is 14.0. The molecule has 0 saturated carbocycles. The third-order valence-electron chi connectivity index (χ3n) is 6.34. The lowest BCUT2D eigenvalue weighted by atomic mass is 10.0. The van der Waals surface area contributed by atoms with Gasteiger partial charge in [0.2, 0.25) is 0 Å². The van der Waals surface area contributed by atoms with Crippen LogP contribution < -0.4 is 14.8 Å². The van der Waals surface area contributed by atoms with E-state index < -0.39 is 16.3 Å². The van der Waals surface area contributed by atoms with Gasteiger partial charge in [-0.05, 0) is 60.9 Å². The highest BCUT2D eigenvalue weighted by atomic mass is 32.2. The molecule has 1 unspecified atom stereocenters. The van der Waals surface area contributed by atoms with Gasteiger partial charge in [-0.15, -0.1) is 0 Å². The van der Waals surface area contributed by atoms with E-state index in [0.29, 0.717) is 36.3 Å². The van der Waals surface area contributed by atoms with E-state index >= 15 is 0 Å². The van der Waals surface area contributed by atoms with Crippen molar-refractivity contribution in [2.24, 2.45) is 0 Å². The number of nitrogens with one attached hydrogen (secondary N) is 3. The lowest BCUT2D eigenvalue weighted by molar-refractivity contribution is 0.112. The summed E-state index contributed by atoms with van der Waals surface area (Å²) in [5.74, 6) is 0.166. The number of methoxy groups -OCH3 is 1. The average molecular weight is 516 g/mol. The first kappa shape index (κ1) is 24.2. The van der Waals surface area contributed by atoms with E-state index in [9.17, 15) is 17.6 Å². The Morgan fingerprint density at radius 3 is 2.83 bits per heavy atom. The number of halogens is 1. The number of fused-ring (bicyclic) bond motifs is 1. The molecular weight excluding hydrogens is 489 g/mol. The summed E-state index contributed by atoms with van der Waals surface area (Å²) in [6, 6.07) is 8.06. The van der Waals surface area contributed by atoms with E-state index in [0.717, 1.165) is 28.8 Å². The van der Waals surface area contributed by atoms with Gasteiger partial charge < -0.3 is 19.8 Å². The zero-order valence-electron chi connectivity index (χ0n) is 19.6. The number of amides is 1. The highest BCUT2D eigenvalue weighted by molar-refractivity contribution is 7.87. The van der Waals surface area contributed by atoms with Crippen molar-refractivity contribution < 1.29 is 27.1 Å². The molecule has 1 fully saturated rings. The number of hydrogen-bond acceptors (Lipinski definition) is 7. The van der Waals surface area contributed by atoms with Crippen LogP contribution in [0.3, 0.4) is 0 Å². The smallest absolute Gasteiger partial charge is 0.422 e. The quantitative estimate of drug-likeness (QED) is 0.461. The minimum absolute atomic E-state index is 0.0936. The first-order chi connectivity index (χ1) is 17.3. The van der Waals surface area contributed by atoms with Crippen LogP contribution in [0.1, 0.15) is 18.5 Å². The SMILES string of the molecule is COc1ccc(F)cc1-c1ccnc2[nH]c(C3=CCN(S(=O)(=O)NC(=O)OC4CCNC4)CC3)cc12. The van der Waals surface area contributed by atoms with E-state index in [1.165, 1.54) is 23.5 Å². The van der Waals surface area contributed by atoms with E-state index in [1.807, 2.05) is 10.8 Å². The van der Waals surface area contributed by atoms with Crippen molar-refractivity contribution in [3.05, 3.63) is 54.1 Å². The third-order valence-corrected chi connectivity index (χ3v) is 7.78. The van der Waals surface area contributed by atoms with Gasteiger partial charge in [0.1, 0.15) is 23.3 Å². The average Bonchev–Trinajstić information content (AvgIpc) is 3.53. The van der Waals surface area contributed by atoms with Gasteiger partial charge in [0.25, 0.3) is 0 Å². The lowest BCUT2D eigenvalue weighted by Crippen LogP contribution is -2.46. The van der Waals surface area contributed by atoms with Crippen LogP contribution >= 0.6 is 0 Å². The number of H-pyrrole nitrogens is 1. The molecule has 12 heteroatoms. The van der Waals surface area contributed by atoms with Gasteiger partial charge in [0.05, 0.1) is 7.11 Å². The maximum atomic E-state index is 14.0. The zero-order chi connectivity index (χ0) is 25.3. The van der Waals surface area contributed by atoms with E-state index in [1.54, 1.807) is 24.4 Å². The van der Waals surface area contributed by atoms with Crippen LogP contribution in [-0.4, -0.2) is 68.2 Å². The van der Waals surface area contributed by atoms with Gasteiger partial charge in [-0.2, -0.15) is 12.7 Å². The Kier molecular flexibility index (Phi) is 6.65. The number of hydrogen-bond donors (Lipinski definition) is 3. The highest BCUT2D eigenvalue weighted by Gasteiger charge is 2.29. The van der Waals surface area contributed by atoms with Crippen LogP contribution in [0.5, 0.6) is 5.75 Å². The van der Waals surface area contributed by atoms with Crippen LogP contribution in [0.4, 0.5) is 9.18 Å². The second-order valence-electron chi connectivity index (χ2n) is 8.61. The Bertz CT molecular complexity index is 1430. The van der Waals surface area contributed by atoms with Crippen LogP contribution in [-0.2, 0) is 14.9 Å². The molecule has 0 aliphatic carbocycles. The van der Waals surface area contributed by atoms with Crippen LogP contribution in [0.2, 0.25) is 0 Å². The molecule has 3 N–H and O–H groups in total. The molecule has 36 heavy (non-hydrogen) atoms. The number of aromatic nitrogens is 2. The summed E-state index contributed by atoms with van der Waals surface area (Å²) in [5, 5.41) is 3.84. The Balaban J connectivity index is 1.34. The number of carbonyl (C=O) groups excluding carboxylic acids is 1. The second kappa shape index (κ2) is 9.88. The predicted octanol–water partition coefficient (Wildman–Crippen LogP) is 2.80. The minimum Gasteiger partial charge on any atom is -0.496 e. The van der Waals surface area contributed by atoms with Crippen molar-refractivity contribution in [1.82, 2.24) is 24.3 Å². The number of pyridine rings is 1. The summed E-state index contributed by atoms with van der Waals surface area (Å²) < 4.78 is 53.1. The zero-order valence-corrected chi connectivity index (χ0v) is 20.4. The fraction of sp³-hybridized carbons (Fsp3) is 0.333. The van der Waals surface area contributed by atoms with E-state index in [-0.39, 0.29) is 25.0 Å². The summed E-state index contributed by atoms with van der Waals surface area (Å²) in [5.41, 5.74) is 3.70. The van der Waals surface area contributed by atoms with Crippen molar-refractivity contribution >= 4 is 32.9 Å². The lowest BCUT2D eigenvalue weighted by Gasteiger charge is -2.25. The molecule has 2 aliphatic heterocycles. The largest absolute Gasteiger partial charge is 0.496 e. The normalized spacial score (nSPS) is 18.7. The first-order valence-electron chi connectivity index (χ1n) is 11.5. The molecule has 3 aromatic rings. The van der Waals surface area contributed by atoms with E-state index in [4.69, 9.17) is 9.47 Å². The van der Waals surface area contributed by atoms with Crippen LogP contribution in [0, 0.1) is 5.82 Å². The second-order valence-corrected chi connectivity index (χ2v) is 10.3. The van der Waals surface area contributed by atoms with Crippen molar-refractivity contribution in [2.75, 3.05) is 33.3 Å². The van der Waals surface area contributed by atoms with Gasteiger partial charge in [0, 0.05) is 42.5 Å². The number of nitrogens with zero attached hydrogens (tertiary/aromatic N) is 2. The molecule has 0 spiro atoms. The number of ether oxygens (including phenoxy) is 2. The van der Waals surface area contributed by atoms with Crippen LogP contribution in [0.15, 0.2) is 42.6 Å². The third kappa shape index (κ3) is 4.92. The number of rotatable bonds is 6. The summed E-state index contributed by atoms with van der Waals surface area (Å²) in [4.78, 5) is 19.7. The Morgan fingerprint density at radius 1 is 1.25 bits per heavy atom. The number of benzene rings is 1. The van der Waals surface area contributed by atoms with Gasteiger partial charge in [0.15, 0.2) is 0 Å². The summed E-state index contributed by atoms with van der Waals surface area (Å²) in [7, 11) is -2.50. The minimum atomic E-state index is -4.04. The summed E-state index contributed by atoms with van der Waals surface area (Å²) in [6.07, 6.45) is 3.20. The van der Waals surface area contributed by atoms with Gasteiger partial charge in [-0.3, -0.25) is 0 Å². The van der Waals surface area contributed by atoms with Crippen molar-refractivity contribution in [3.63, 3.8) is 0 Å². The molecule has 10 nitrogen and oxygen atoms in total. The number of carbonyl (C=O) groups is 1. The monoisotopic (exact) mass is 515 g/mol. The van der Waals surface area contributed by atoms with Gasteiger partial charge >= 0.3 is 16.3 Å². The molecule has 0 radical (unpaired) electrons. The molecule has 1 atom stereocenters. The highest BCUT2D eigenvalue weighted by Crippen LogP contribution is 2.36. The summed E-state index contributed by atoms with van der Waals surface area (Å²) in [6.45, 7) is 1.52. The fourth-order valence-corrected chi connectivity index (χ4v) is 5.50. The number of aromatic amines is 1. The van der Waals surface area contributed by atoms with Gasteiger partial charge in [-0.1, -0.05) is 6.08 Å². The molecule has 1 saturated heterocycles. The Morgan fingerprint density at radius 2 is 2.11 bits per heavy atom. The fourth-order valence-electron chi connectivity index (χ4n) is 4.51. The molecule has 5 rings (SSSR count). The molecule has 2 aromatic heterocycles. The van der Waals surface area contributed by atoms with Crippen LogP contribution in [0.25, 0.3) is 27.7 Å². The first-order valence-corrected chi connectivity index (χ1v) is 13.0. The molecule has 4 heterocycles. The molecule has 190 valence electrons.